The molecule has 0 saturated heterocycles. The Morgan fingerprint density at radius 1 is 1.06 bits per heavy atom. The maximum Gasteiger partial charge on any atom is 0.280 e. The average molecular weight is 476 g/mol. The number of carbonyl (C=O) groups excluding carboxylic acids is 1. The van der Waals surface area contributed by atoms with Crippen molar-refractivity contribution in [2.75, 3.05) is 32.1 Å². The fourth-order valence-corrected chi connectivity index (χ4v) is 4.57. The largest absolute Gasteiger partial charge is 0.309 e. The highest BCUT2D eigenvalue weighted by Crippen LogP contribution is 2.36. The summed E-state index contributed by atoms with van der Waals surface area (Å²) in [6.07, 6.45) is 2.34. The van der Waals surface area contributed by atoms with E-state index in [1.165, 1.54) is 17.5 Å². The molecule has 2 heterocycles. The first-order chi connectivity index (χ1) is 14.4. The molecule has 1 amide bonds. The molecule has 0 atom stereocenters. The predicted octanol–water partition coefficient (Wildman–Crippen LogP) is 5.22. The van der Waals surface area contributed by atoms with E-state index in [9.17, 15) is 4.79 Å². The summed E-state index contributed by atoms with van der Waals surface area (Å²) in [5.41, 5.74) is 3.62. The number of para-hydroxylation sites is 2. The minimum Gasteiger partial charge on any atom is -0.309 e. The molecule has 0 N–H and O–H groups in total. The van der Waals surface area contributed by atoms with Crippen LogP contribution in [0.3, 0.4) is 0 Å². The summed E-state index contributed by atoms with van der Waals surface area (Å²) < 4.78 is 0.890. The molecule has 0 saturated carbocycles. The number of rotatable bonds is 6. The third-order valence-electron chi connectivity index (χ3n) is 4.82. The second-order valence-corrected chi connectivity index (χ2v) is 8.78. The third-order valence-corrected chi connectivity index (χ3v) is 6.36. The van der Waals surface area contributed by atoms with Gasteiger partial charge in [-0.15, -0.1) is 12.4 Å². The number of aromatic nitrogens is 3. The zero-order chi connectivity index (χ0) is 21.3. The Labute approximate surface area is 196 Å². The Hall–Kier alpha value is -2.32. The fourth-order valence-electron chi connectivity index (χ4n) is 3.23. The molecule has 31 heavy (non-hydrogen) atoms. The number of halogens is 2. The van der Waals surface area contributed by atoms with Crippen LogP contribution < -0.4 is 4.90 Å². The van der Waals surface area contributed by atoms with Gasteiger partial charge >= 0.3 is 0 Å². The van der Waals surface area contributed by atoms with Gasteiger partial charge in [0.15, 0.2) is 5.13 Å². The van der Waals surface area contributed by atoms with Gasteiger partial charge in [-0.3, -0.25) is 14.7 Å². The maximum atomic E-state index is 13.5. The molecule has 2 aromatic carbocycles. The first kappa shape index (κ1) is 23.3. The van der Waals surface area contributed by atoms with E-state index in [0.29, 0.717) is 27.9 Å². The monoisotopic (exact) mass is 475 g/mol. The van der Waals surface area contributed by atoms with E-state index in [1.807, 2.05) is 57.4 Å². The van der Waals surface area contributed by atoms with Crippen molar-refractivity contribution in [1.29, 1.82) is 0 Å². The van der Waals surface area contributed by atoms with Crippen molar-refractivity contribution < 1.29 is 4.79 Å². The quantitative estimate of drug-likeness (QED) is 0.382. The lowest BCUT2D eigenvalue weighted by Crippen LogP contribution is -2.34. The Morgan fingerprint density at radius 2 is 1.81 bits per heavy atom. The molecule has 0 fully saturated rings. The smallest absolute Gasteiger partial charge is 0.280 e. The second kappa shape index (κ2) is 9.87. The van der Waals surface area contributed by atoms with Crippen LogP contribution in [0.4, 0.5) is 5.13 Å². The van der Waals surface area contributed by atoms with Crippen LogP contribution >= 0.6 is 35.3 Å². The molecular weight excluding hydrogens is 453 g/mol. The number of anilines is 1. The van der Waals surface area contributed by atoms with Gasteiger partial charge in [0.1, 0.15) is 5.69 Å². The molecule has 0 aliphatic rings. The molecule has 0 bridgehead atoms. The van der Waals surface area contributed by atoms with E-state index in [1.54, 1.807) is 4.90 Å². The molecule has 0 unspecified atom stereocenters. The lowest BCUT2D eigenvalue weighted by atomic mass is 10.2. The zero-order valence-electron chi connectivity index (χ0n) is 17.5. The van der Waals surface area contributed by atoms with Crippen LogP contribution in [0, 0.1) is 6.92 Å². The molecule has 4 rings (SSSR count). The minimum atomic E-state index is -0.208. The summed E-state index contributed by atoms with van der Waals surface area (Å²) in [7, 11) is 4.03. The molecule has 9 heteroatoms. The molecule has 0 radical (unpaired) electrons. The first-order valence-corrected chi connectivity index (χ1v) is 10.9. The SMILES string of the molecule is Cc1ccc(Cl)c2sc(N(CCCN(C)C)C(=O)c3cnc4ccccc4n3)nc12.Cl. The van der Waals surface area contributed by atoms with E-state index in [4.69, 9.17) is 16.6 Å². The van der Waals surface area contributed by atoms with Gasteiger partial charge in [0, 0.05) is 6.54 Å². The third kappa shape index (κ3) is 4.96. The van der Waals surface area contributed by atoms with Crippen molar-refractivity contribution in [3.05, 3.63) is 58.9 Å². The van der Waals surface area contributed by atoms with Gasteiger partial charge in [-0.2, -0.15) is 0 Å². The van der Waals surface area contributed by atoms with Crippen molar-refractivity contribution in [1.82, 2.24) is 19.9 Å². The summed E-state index contributed by atoms with van der Waals surface area (Å²) in [4.78, 5) is 30.9. The van der Waals surface area contributed by atoms with Crippen molar-refractivity contribution in [3.63, 3.8) is 0 Å². The zero-order valence-corrected chi connectivity index (χ0v) is 19.9. The summed E-state index contributed by atoms with van der Waals surface area (Å²) in [6.45, 7) is 3.38. The summed E-state index contributed by atoms with van der Waals surface area (Å²) >= 11 is 7.82. The fraction of sp³-hybridized carbons (Fsp3) is 0.273. The average Bonchev–Trinajstić information content (AvgIpc) is 3.19. The van der Waals surface area contributed by atoms with E-state index < -0.39 is 0 Å². The van der Waals surface area contributed by atoms with Crippen LogP contribution in [0.25, 0.3) is 21.3 Å². The van der Waals surface area contributed by atoms with Gasteiger partial charge in [0.25, 0.3) is 5.91 Å². The Kier molecular flexibility index (Phi) is 7.43. The Balaban J connectivity index is 0.00000272. The number of nitrogens with zero attached hydrogens (tertiary/aromatic N) is 5. The second-order valence-electron chi connectivity index (χ2n) is 7.40. The number of thiazole rings is 1. The van der Waals surface area contributed by atoms with E-state index in [-0.39, 0.29) is 18.3 Å². The number of hydrogen-bond acceptors (Lipinski definition) is 6. The molecular formula is C22H23Cl2N5OS. The van der Waals surface area contributed by atoms with Crippen molar-refractivity contribution >= 4 is 67.6 Å². The molecule has 2 aromatic heterocycles. The van der Waals surface area contributed by atoms with Crippen molar-refractivity contribution in [2.24, 2.45) is 0 Å². The van der Waals surface area contributed by atoms with Crippen LogP contribution in [-0.4, -0.2) is 52.9 Å². The number of fused-ring (bicyclic) bond motifs is 2. The number of amides is 1. The van der Waals surface area contributed by atoms with Crippen molar-refractivity contribution in [3.8, 4) is 0 Å². The number of aryl methyl sites for hydroxylation is 1. The van der Waals surface area contributed by atoms with Crippen LogP contribution in [0.1, 0.15) is 22.5 Å². The first-order valence-electron chi connectivity index (χ1n) is 9.68. The summed E-state index contributed by atoms with van der Waals surface area (Å²) in [5, 5.41) is 1.27. The van der Waals surface area contributed by atoms with E-state index in [0.717, 1.165) is 34.3 Å². The molecule has 4 aromatic rings. The van der Waals surface area contributed by atoms with Gasteiger partial charge < -0.3 is 4.90 Å². The summed E-state index contributed by atoms with van der Waals surface area (Å²) in [5.74, 6) is -0.208. The Morgan fingerprint density at radius 3 is 2.52 bits per heavy atom. The lowest BCUT2D eigenvalue weighted by molar-refractivity contribution is 0.0981. The van der Waals surface area contributed by atoms with Gasteiger partial charge in [-0.05, 0) is 57.7 Å². The van der Waals surface area contributed by atoms with E-state index in [2.05, 4.69) is 14.9 Å². The van der Waals surface area contributed by atoms with Crippen LogP contribution in [0.2, 0.25) is 5.02 Å². The maximum absolute atomic E-state index is 13.5. The van der Waals surface area contributed by atoms with Crippen LogP contribution in [0.5, 0.6) is 0 Å². The highest BCUT2D eigenvalue weighted by Gasteiger charge is 2.24. The van der Waals surface area contributed by atoms with Gasteiger partial charge in [0.05, 0.1) is 32.5 Å². The van der Waals surface area contributed by atoms with Crippen LogP contribution in [0.15, 0.2) is 42.6 Å². The number of benzene rings is 2. The molecule has 6 nitrogen and oxygen atoms in total. The number of hydrogen-bond donors (Lipinski definition) is 0. The molecule has 0 aliphatic heterocycles. The molecule has 162 valence electrons. The lowest BCUT2D eigenvalue weighted by Gasteiger charge is -2.20. The number of carbonyl (C=O) groups is 1. The normalized spacial score (nSPS) is 11.1. The van der Waals surface area contributed by atoms with E-state index >= 15 is 0 Å². The van der Waals surface area contributed by atoms with Gasteiger partial charge in [0.2, 0.25) is 0 Å². The topological polar surface area (TPSA) is 62.2 Å². The van der Waals surface area contributed by atoms with Gasteiger partial charge in [-0.25, -0.2) is 9.97 Å². The molecule has 0 aliphatic carbocycles. The minimum absolute atomic E-state index is 0. The Bertz CT molecular complexity index is 1190. The predicted molar refractivity (Wildman–Crippen MR) is 131 cm³/mol. The summed E-state index contributed by atoms with van der Waals surface area (Å²) in [6, 6.07) is 11.3. The standard InChI is InChI=1S/C22H22ClN5OS.ClH/c1-14-9-10-15(23)20-19(14)26-22(30-20)28(12-6-11-27(2)3)21(29)18-13-24-16-7-4-5-8-17(16)25-18;/h4-5,7-10,13H,6,11-12H2,1-3H3;1H. The van der Waals surface area contributed by atoms with Crippen LogP contribution in [-0.2, 0) is 0 Å². The van der Waals surface area contributed by atoms with Gasteiger partial charge in [-0.1, -0.05) is 41.1 Å². The molecule has 0 spiro atoms. The van der Waals surface area contributed by atoms with Crippen molar-refractivity contribution in [2.45, 2.75) is 13.3 Å². The highest BCUT2D eigenvalue weighted by atomic mass is 35.5. The highest BCUT2D eigenvalue weighted by molar-refractivity contribution is 7.23.